The predicted molar refractivity (Wildman–Crippen MR) is 128 cm³/mol. The Hall–Kier alpha value is -1.63. The first-order valence-electron chi connectivity index (χ1n) is 8.95. The van der Waals surface area contributed by atoms with Crippen LogP contribution in [-0.4, -0.2) is 26.0 Å². The van der Waals surface area contributed by atoms with Crippen molar-refractivity contribution in [3.05, 3.63) is 82.3 Å². The molecule has 0 N–H and O–H groups in total. The molecule has 158 valence electrons. The average Bonchev–Trinajstić information content (AvgIpc) is 2.70. The normalized spacial score (nSPS) is 13.3. The fourth-order valence-electron chi connectivity index (χ4n) is 3.08. The summed E-state index contributed by atoms with van der Waals surface area (Å²) in [5.41, 5.74) is -0.229. The second-order valence-electron chi connectivity index (χ2n) is 7.60. The lowest BCUT2D eigenvalue weighted by atomic mass is 10.0. The van der Waals surface area contributed by atoms with Gasteiger partial charge in [0.2, 0.25) is 11.8 Å². The number of nitrogens with zero attached hydrogens (tertiary/aromatic N) is 2. The minimum atomic E-state index is -0.956. The zero-order chi connectivity index (χ0) is 21.4. The van der Waals surface area contributed by atoms with Crippen LogP contribution in [0.1, 0.15) is 41.5 Å². The Kier molecular flexibility index (Phi) is 7.59. The number of quaternary nitrogens is 1. The van der Waals surface area contributed by atoms with Gasteiger partial charge in [0, 0.05) is 4.47 Å². The third-order valence-electron chi connectivity index (χ3n) is 4.69. The number of benzene rings is 3. The molecule has 0 aromatic heterocycles. The van der Waals surface area contributed by atoms with Gasteiger partial charge < -0.3 is 0 Å². The van der Waals surface area contributed by atoms with E-state index in [-0.39, 0.29) is 12.4 Å². The summed E-state index contributed by atoms with van der Waals surface area (Å²) in [7, 11) is 0. The molecule has 1 atom stereocenters. The van der Waals surface area contributed by atoms with Crippen molar-refractivity contribution in [2.45, 2.75) is 26.3 Å². The van der Waals surface area contributed by atoms with E-state index in [9.17, 15) is 9.59 Å². The first-order valence-corrected chi connectivity index (χ1v) is 10.4. The van der Waals surface area contributed by atoms with Gasteiger partial charge in [-0.3, -0.25) is 4.79 Å². The smallest absolute Gasteiger partial charge is 0.262 e. The lowest BCUT2D eigenvalue weighted by Gasteiger charge is -2.40. The maximum atomic E-state index is 13.7. The summed E-state index contributed by atoms with van der Waals surface area (Å²) in [6.45, 7) is 5.27. The van der Waals surface area contributed by atoms with Crippen molar-refractivity contribution in [3.8, 4) is 0 Å². The van der Waals surface area contributed by atoms with Gasteiger partial charge in [-0.15, -0.1) is 12.4 Å². The summed E-state index contributed by atoms with van der Waals surface area (Å²) < 4.78 is 0.375. The topological polar surface area (TPSA) is 37.4 Å². The lowest BCUT2D eigenvalue weighted by Crippen LogP contribution is -2.64. The number of hydrogen-bond acceptors (Lipinski definition) is 2. The Balaban J connectivity index is 0.00000320. The van der Waals surface area contributed by atoms with Crippen molar-refractivity contribution in [3.63, 3.8) is 0 Å². The molecule has 0 aliphatic carbocycles. The number of halogens is 4. The highest BCUT2D eigenvalue weighted by molar-refractivity contribution is 9.10. The summed E-state index contributed by atoms with van der Waals surface area (Å²) >= 11 is 16.8. The Morgan fingerprint density at radius 1 is 0.900 bits per heavy atom. The zero-order valence-corrected chi connectivity index (χ0v) is 20.5. The highest BCUT2D eigenvalue weighted by atomic mass is 79.9. The molecule has 3 aromatic carbocycles. The molecule has 4 nitrogen and oxygen atoms in total. The summed E-state index contributed by atoms with van der Waals surface area (Å²) in [5, 5.41) is 1.64. The molecule has 8 heteroatoms. The van der Waals surface area contributed by atoms with Crippen LogP contribution in [0.25, 0.3) is 10.8 Å². The maximum Gasteiger partial charge on any atom is 0.390 e. The van der Waals surface area contributed by atoms with E-state index < -0.39 is 21.5 Å². The zero-order valence-electron chi connectivity index (χ0n) is 16.6. The molecule has 1 unspecified atom stereocenters. The molecule has 0 saturated heterocycles. The van der Waals surface area contributed by atoms with E-state index in [4.69, 9.17) is 23.6 Å². The van der Waals surface area contributed by atoms with E-state index >= 15 is 0 Å². The fourth-order valence-corrected chi connectivity index (χ4v) is 4.08. The number of amides is 2. The van der Waals surface area contributed by atoms with Gasteiger partial charge >= 0.3 is 11.8 Å². The standard InChI is InChI=1S/C22H20BrCl2N2O2.ClH/c1-22(2,3)27(25,26(24)20(28)18-12-6-7-14-19(18)23)21(29)17-13-8-10-15-9-4-5-11-16(15)17;/h4-14H,1-3H3;1H/q+1;. The van der Waals surface area contributed by atoms with Gasteiger partial charge in [0.05, 0.1) is 22.9 Å². The molecule has 2 amide bonds. The number of carbonyl (C=O) groups excluding carboxylic acids is 2. The van der Waals surface area contributed by atoms with Crippen molar-refractivity contribution in [1.82, 2.24) is 4.53 Å². The van der Waals surface area contributed by atoms with Crippen LogP contribution in [-0.2, 0) is 0 Å². The van der Waals surface area contributed by atoms with Crippen LogP contribution in [0.5, 0.6) is 0 Å². The van der Waals surface area contributed by atoms with Crippen LogP contribution >= 0.6 is 51.9 Å². The Morgan fingerprint density at radius 3 is 2.07 bits per heavy atom. The van der Waals surface area contributed by atoms with Gasteiger partial charge in [0.15, 0.2) is 0 Å². The van der Waals surface area contributed by atoms with Gasteiger partial charge in [-0.2, -0.15) is 0 Å². The van der Waals surface area contributed by atoms with Crippen molar-refractivity contribution >= 4 is 74.5 Å². The molecule has 0 bridgehead atoms. The van der Waals surface area contributed by atoms with Gasteiger partial charge in [-0.1, -0.05) is 53.1 Å². The third-order valence-corrected chi connectivity index (χ3v) is 6.65. The largest absolute Gasteiger partial charge is 0.390 e. The fraction of sp³-hybridized carbons (Fsp3) is 0.182. The van der Waals surface area contributed by atoms with E-state index in [1.54, 1.807) is 57.2 Å². The highest BCUT2D eigenvalue weighted by Crippen LogP contribution is 2.38. The summed E-state index contributed by atoms with van der Waals surface area (Å²) in [4.78, 5) is 26.9. The molecule has 0 aliphatic heterocycles. The molecule has 0 heterocycles. The van der Waals surface area contributed by atoms with Crippen molar-refractivity contribution in [1.29, 1.82) is 0 Å². The molecule has 0 saturated carbocycles. The van der Waals surface area contributed by atoms with Gasteiger partial charge in [0.1, 0.15) is 5.54 Å². The molecule has 0 spiro atoms. The second kappa shape index (κ2) is 9.25. The van der Waals surface area contributed by atoms with Crippen molar-refractivity contribution < 1.29 is 13.7 Å². The van der Waals surface area contributed by atoms with Crippen LogP contribution in [0.3, 0.4) is 0 Å². The van der Waals surface area contributed by atoms with E-state index in [1.165, 1.54) is 0 Å². The summed E-state index contributed by atoms with van der Waals surface area (Å²) in [5.74, 6) is -1.08. The van der Waals surface area contributed by atoms with Crippen molar-refractivity contribution in [2.24, 2.45) is 0 Å². The van der Waals surface area contributed by atoms with E-state index in [2.05, 4.69) is 15.9 Å². The quantitative estimate of drug-likeness (QED) is 0.260. The highest BCUT2D eigenvalue weighted by Gasteiger charge is 2.56. The molecule has 3 aromatic rings. The first kappa shape index (κ1) is 24.6. The van der Waals surface area contributed by atoms with Gasteiger partial charge in [-0.25, -0.2) is 4.79 Å². The number of rotatable bonds is 2. The Bertz CT molecular complexity index is 1100. The monoisotopic (exact) mass is 529 g/mol. The number of hydrogen-bond donors (Lipinski definition) is 0. The van der Waals surface area contributed by atoms with E-state index in [0.29, 0.717) is 15.6 Å². The maximum absolute atomic E-state index is 13.7. The van der Waals surface area contributed by atoms with Crippen LogP contribution in [0.15, 0.2) is 71.2 Å². The molecular formula is C22H21BrCl3N2O2+. The molecule has 0 radical (unpaired) electrons. The van der Waals surface area contributed by atoms with Crippen molar-refractivity contribution in [2.75, 3.05) is 0 Å². The SMILES string of the molecule is CC(C)(C)[N+](Cl)(C(=O)c1cccc2ccccc12)N(Cl)C(=O)c1ccccc1Br.Cl. The van der Waals surface area contributed by atoms with E-state index in [0.717, 1.165) is 15.3 Å². The van der Waals surface area contributed by atoms with Gasteiger partial charge in [-0.05, 0) is 69.8 Å². The van der Waals surface area contributed by atoms with Crippen LogP contribution < -0.4 is 0 Å². The number of fused-ring (bicyclic) bond motifs is 1. The molecule has 0 aliphatic rings. The Labute approximate surface area is 200 Å². The molecule has 30 heavy (non-hydrogen) atoms. The van der Waals surface area contributed by atoms with Crippen LogP contribution in [0.4, 0.5) is 0 Å². The second-order valence-corrected chi connectivity index (χ2v) is 9.27. The molecule has 3 rings (SSSR count). The molecular weight excluding hydrogens is 511 g/mol. The summed E-state index contributed by atoms with van der Waals surface area (Å²) in [6.07, 6.45) is 0. The minimum absolute atomic E-state index is 0. The average molecular weight is 532 g/mol. The minimum Gasteiger partial charge on any atom is -0.262 e. The van der Waals surface area contributed by atoms with Gasteiger partial charge in [0.25, 0.3) is 0 Å². The predicted octanol–water partition coefficient (Wildman–Crippen LogP) is 7.14. The van der Waals surface area contributed by atoms with Crippen LogP contribution in [0, 0.1) is 0 Å². The summed E-state index contributed by atoms with van der Waals surface area (Å²) in [6, 6.07) is 19.7. The molecule has 0 fully saturated rings. The Morgan fingerprint density at radius 2 is 1.43 bits per heavy atom. The lowest BCUT2D eigenvalue weighted by molar-refractivity contribution is -0.871. The first-order chi connectivity index (χ1) is 13.6. The number of carbonyl (C=O) groups is 2. The van der Waals surface area contributed by atoms with E-state index in [1.807, 2.05) is 30.3 Å². The third kappa shape index (κ3) is 4.23. The van der Waals surface area contributed by atoms with Crippen LogP contribution in [0.2, 0.25) is 0 Å².